The molecular weight excluding hydrogens is 490 g/mol. The van der Waals surface area contributed by atoms with Crippen molar-refractivity contribution in [3.63, 3.8) is 0 Å². The van der Waals surface area contributed by atoms with Crippen LogP contribution in [0.4, 0.5) is 11.4 Å². The molecule has 0 aliphatic carbocycles. The molecule has 10 heteroatoms. The lowest BCUT2D eigenvalue weighted by molar-refractivity contribution is -0.118. The molecule has 2 amide bonds. The molecule has 3 N–H and O–H groups in total. The van der Waals surface area contributed by atoms with Crippen molar-refractivity contribution < 1.29 is 22.7 Å². The summed E-state index contributed by atoms with van der Waals surface area (Å²) in [5, 5.41) is 5.77. The number of carbonyl (C=O) groups excluding carboxylic acids is 2. The summed E-state index contributed by atoms with van der Waals surface area (Å²) in [5.41, 5.74) is 2.51. The van der Waals surface area contributed by atoms with Crippen LogP contribution < -0.4 is 20.1 Å². The third kappa shape index (κ3) is 6.00. The highest BCUT2D eigenvalue weighted by Gasteiger charge is 2.27. The maximum absolute atomic E-state index is 13.3. The first kappa shape index (κ1) is 24.7. The summed E-state index contributed by atoms with van der Waals surface area (Å²) in [4.78, 5) is 24.8. The number of aryl methyl sites for hydroxylation is 1. The average molecular weight is 514 g/mol. The van der Waals surface area contributed by atoms with Crippen molar-refractivity contribution in [2.45, 2.75) is 30.2 Å². The van der Waals surface area contributed by atoms with E-state index in [1.54, 1.807) is 18.2 Å². The van der Waals surface area contributed by atoms with Gasteiger partial charge in [-0.1, -0.05) is 41.9 Å². The van der Waals surface area contributed by atoms with Crippen LogP contribution in [0.2, 0.25) is 5.02 Å². The topological polar surface area (TPSA) is 114 Å². The van der Waals surface area contributed by atoms with E-state index in [0.717, 1.165) is 11.1 Å². The van der Waals surface area contributed by atoms with Crippen molar-refractivity contribution in [2.24, 2.45) is 0 Å². The number of carbonyl (C=O) groups is 2. The number of hydrogen-bond acceptors (Lipinski definition) is 5. The molecule has 8 nitrogen and oxygen atoms in total. The molecule has 1 heterocycles. The Kier molecular flexibility index (Phi) is 7.39. The van der Waals surface area contributed by atoms with Crippen LogP contribution in [0.3, 0.4) is 0 Å². The number of rotatable bonds is 8. The Hall–Kier alpha value is -3.40. The molecule has 35 heavy (non-hydrogen) atoms. The maximum Gasteiger partial charge on any atom is 0.242 e. The van der Waals surface area contributed by atoms with Gasteiger partial charge in [-0.15, -0.1) is 0 Å². The number of hydrogen-bond donors (Lipinski definition) is 3. The number of fused-ring (bicyclic) bond motifs is 1. The Morgan fingerprint density at radius 3 is 2.57 bits per heavy atom. The van der Waals surface area contributed by atoms with Gasteiger partial charge in [0.25, 0.3) is 0 Å². The van der Waals surface area contributed by atoms with Crippen LogP contribution in [0.1, 0.15) is 17.5 Å². The standard InChI is InChI=1S/C25H24ClN3O5S/c1-34-23-11-8-18(15-20(23)26)27-25(31)22(13-16-5-3-2-4-6-16)29-35(32,33)19-9-10-21-17(14-19)7-12-24(30)28-21/h2-6,8-11,14-15,22,29H,7,12-13H2,1H3,(H,27,31)(H,28,30)/t22-/m1/s1. The second kappa shape index (κ2) is 10.5. The van der Waals surface area contributed by atoms with Crippen molar-refractivity contribution >= 4 is 44.8 Å². The highest BCUT2D eigenvalue weighted by Crippen LogP contribution is 2.28. The Morgan fingerprint density at radius 1 is 1.09 bits per heavy atom. The molecule has 3 aromatic rings. The normalized spacial score (nSPS) is 13.9. The average Bonchev–Trinajstić information content (AvgIpc) is 2.84. The Morgan fingerprint density at radius 2 is 1.86 bits per heavy atom. The number of amides is 2. The summed E-state index contributed by atoms with van der Waals surface area (Å²) in [5.74, 6) is -0.192. The minimum atomic E-state index is -4.05. The van der Waals surface area contributed by atoms with Gasteiger partial charge in [0.05, 0.1) is 17.0 Å². The Balaban J connectivity index is 1.59. The number of halogens is 1. The predicted octanol–water partition coefficient (Wildman–Crippen LogP) is 3.76. The molecule has 0 saturated heterocycles. The molecule has 0 spiro atoms. The van der Waals surface area contributed by atoms with Gasteiger partial charge in [0, 0.05) is 17.8 Å². The summed E-state index contributed by atoms with van der Waals surface area (Å²) < 4.78 is 34.2. The molecule has 0 radical (unpaired) electrons. The van der Waals surface area contributed by atoms with Gasteiger partial charge in [-0.05, 0) is 60.4 Å². The van der Waals surface area contributed by atoms with Gasteiger partial charge < -0.3 is 15.4 Å². The lowest BCUT2D eigenvalue weighted by Crippen LogP contribution is -2.45. The fourth-order valence-corrected chi connectivity index (χ4v) is 5.30. The van der Waals surface area contributed by atoms with E-state index < -0.39 is 22.0 Å². The van der Waals surface area contributed by atoms with Crippen molar-refractivity contribution in [2.75, 3.05) is 17.7 Å². The maximum atomic E-state index is 13.3. The van der Waals surface area contributed by atoms with Crippen LogP contribution in [-0.4, -0.2) is 33.4 Å². The zero-order valence-electron chi connectivity index (χ0n) is 18.9. The molecule has 0 saturated carbocycles. The predicted molar refractivity (Wildman–Crippen MR) is 134 cm³/mol. The van der Waals surface area contributed by atoms with Gasteiger partial charge in [0.2, 0.25) is 21.8 Å². The summed E-state index contributed by atoms with van der Waals surface area (Å²) >= 11 is 6.16. The van der Waals surface area contributed by atoms with Crippen molar-refractivity contribution in [1.29, 1.82) is 0 Å². The molecular formula is C25H24ClN3O5S. The van der Waals surface area contributed by atoms with E-state index in [-0.39, 0.29) is 23.6 Å². The number of benzene rings is 3. The van der Waals surface area contributed by atoms with Gasteiger partial charge in [-0.25, -0.2) is 8.42 Å². The van der Waals surface area contributed by atoms with E-state index in [1.165, 1.54) is 25.3 Å². The molecule has 3 aromatic carbocycles. The second-order valence-corrected chi connectivity index (χ2v) is 10.2. The highest BCUT2D eigenvalue weighted by atomic mass is 35.5. The zero-order chi connectivity index (χ0) is 25.0. The first-order valence-electron chi connectivity index (χ1n) is 10.9. The number of sulfonamides is 1. The van der Waals surface area contributed by atoms with Gasteiger partial charge in [0.1, 0.15) is 11.8 Å². The largest absolute Gasteiger partial charge is 0.495 e. The monoisotopic (exact) mass is 513 g/mol. The van der Waals surface area contributed by atoms with E-state index in [0.29, 0.717) is 28.6 Å². The highest BCUT2D eigenvalue weighted by molar-refractivity contribution is 7.89. The quantitative estimate of drug-likeness (QED) is 0.424. The number of anilines is 2. The SMILES string of the molecule is COc1ccc(NC(=O)[C@@H](Cc2ccccc2)NS(=O)(=O)c2ccc3c(c2)CCC(=O)N3)cc1Cl. The smallest absolute Gasteiger partial charge is 0.242 e. The second-order valence-electron chi connectivity index (χ2n) is 8.07. The number of ether oxygens (including phenoxy) is 1. The molecule has 0 unspecified atom stereocenters. The van der Waals surface area contributed by atoms with Crippen LogP contribution in [0.5, 0.6) is 5.75 Å². The molecule has 0 bridgehead atoms. The minimum absolute atomic E-state index is 0.0192. The molecule has 4 rings (SSSR count). The number of nitrogens with one attached hydrogen (secondary N) is 3. The molecule has 1 atom stereocenters. The third-order valence-electron chi connectivity index (χ3n) is 5.60. The zero-order valence-corrected chi connectivity index (χ0v) is 20.4. The van der Waals surface area contributed by atoms with Crippen molar-refractivity contribution in [3.05, 3.63) is 82.9 Å². The fraction of sp³-hybridized carbons (Fsp3) is 0.200. The molecule has 0 aromatic heterocycles. The van der Waals surface area contributed by atoms with Crippen LogP contribution in [0.15, 0.2) is 71.6 Å². The van der Waals surface area contributed by atoms with Gasteiger partial charge >= 0.3 is 0 Å². The summed E-state index contributed by atoms with van der Waals surface area (Å²) in [6, 6.07) is 17.3. The van der Waals surface area contributed by atoms with Crippen LogP contribution in [0.25, 0.3) is 0 Å². The molecule has 0 fully saturated rings. The molecule has 1 aliphatic heterocycles. The lowest BCUT2D eigenvalue weighted by atomic mass is 10.0. The van der Waals surface area contributed by atoms with Gasteiger partial charge in [0.15, 0.2) is 0 Å². The van der Waals surface area contributed by atoms with E-state index >= 15 is 0 Å². The van der Waals surface area contributed by atoms with Crippen LogP contribution in [0, 0.1) is 0 Å². The lowest BCUT2D eigenvalue weighted by Gasteiger charge is -2.21. The first-order valence-corrected chi connectivity index (χ1v) is 12.7. The van der Waals surface area contributed by atoms with E-state index in [2.05, 4.69) is 15.4 Å². The van der Waals surface area contributed by atoms with E-state index in [1.807, 2.05) is 30.3 Å². The Bertz CT molecular complexity index is 1360. The third-order valence-corrected chi connectivity index (χ3v) is 7.36. The van der Waals surface area contributed by atoms with Gasteiger partial charge in [-0.3, -0.25) is 9.59 Å². The van der Waals surface area contributed by atoms with Gasteiger partial charge in [-0.2, -0.15) is 4.72 Å². The minimum Gasteiger partial charge on any atom is -0.495 e. The van der Waals surface area contributed by atoms with E-state index in [9.17, 15) is 18.0 Å². The number of methoxy groups -OCH3 is 1. The van der Waals surface area contributed by atoms with Crippen LogP contribution >= 0.6 is 11.6 Å². The van der Waals surface area contributed by atoms with Crippen LogP contribution in [-0.2, 0) is 32.5 Å². The van der Waals surface area contributed by atoms with Crippen molar-refractivity contribution in [3.8, 4) is 5.75 Å². The Labute approximate surface area is 208 Å². The first-order chi connectivity index (χ1) is 16.7. The summed E-state index contributed by atoms with van der Waals surface area (Å²) in [6.45, 7) is 0. The summed E-state index contributed by atoms with van der Waals surface area (Å²) in [6.07, 6.45) is 0.862. The molecule has 182 valence electrons. The molecule has 1 aliphatic rings. The van der Waals surface area contributed by atoms with Crippen molar-refractivity contribution in [1.82, 2.24) is 4.72 Å². The fourth-order valence-electron chi connectivity index (χ4n) is 3.79. The van der Waals surface area contributed by atoms with E-state index in [4.69, 9.17) is 16.3 Å². The summed E-state index contributed by atoms with van der Waals surface area (Å²) in [7, 11) is -2.57.